The van der Waals surface area contributed by atoms with Crippen molar-refractivity contribution in [2.45, 2.75) is 27.7 Å². The maximum absolute atomic E-state index is 12.0. The van der Waals surface area contributed by atoms with Crippen LogP contribution in [0.5, 0.6) is 0 Å². The molecule has 0 unspecified atom stereocenters. The molecular weight excluding hydrogens is 358 g/mol. The molecule has 0 bridgehead atoms. The average molecular weight is 378 g/mol. The van der Waals surface area contributed by atoms with Crippen LogP contribution in [0.2, 0.25) is 0 Å². The van der Waals surface area contributed by atoms with Crippen molar-refractivity contribution in [3.8, 4) is 0 Å². The molecule has 0 aliphatic carbocycles. The van der Waals surface area contributed by atoms with Crippen LogP contribution in [-0.2, 0) is 31.5 Å². The molecule has 0 aliphatic rings. The van der Waals surface area contributed by atoms with Crippen LogP contribution in [0.15, 0.2) is 0 Å². The molecule has 0 aliphatic heterocycles. The summed E-state index contributed by atoms with van der Waals surface area (Å²) < 4.78 is 48.1. The largest absolute Gasteiger partial charge is 0.483 e. The van der Waals surface area contributed by atoms with Crippen LogP contribution in [0.1, 0.15) is 27.7 Å². The smallest absolute Gasteiger partial charge is 0.287 e. The van der Waals surface area contributed by atoms with Crippen molar-refractivity contribution in [2.24, 2.45) is 0 Å². The van der Waals surface area contributed by atoms with Gasteiger partial charge in [-0.2, -0.15) is 4.31 Å². The van der Waals surface area contributed by atoms with Gasteiger partial charge in [-0.25, -0.2) is 9.13 Å². The molecule has 18 heavy (non-hydrogen) atoms. The van der Waals surface area contributed by atoms with Crippen molar-refractivity contribution in [3.63, 3.8) is 0 Å². The Balaban J connectivity index is 0. The van der Waals surface area contributed by atoms with E-state index in [1.807, 2.05) is 0 Å². The van der Waals surface area contributed by atoms with E-state index in [2.05, 4.69) is 0 Å². The van der Waals surface area contributed by atoms with E-state index in [0.29, 0.717) is 0 Å². The normalized spacial score (nSPS) is 12.2. The fourth-order valence-corrected chi connectivity index (χ4v) is 4.07. The Morgan fingerprint density at radius 1 is 0.667 bits per heavy atom. The second kappa shape index (κ2) is 11.4. The van der Waals surface area contributed by atoms with Gasteiger partial charge in [0.2, 0.25) is 0 Å². The Morgan fingerprint density at radius 3 is 1.06 bits per heavy atom. The maximum atomic E-state index is 12.0. The van der Waals surface area contributed by atoms with Crippen LogP contribution >= 0.6 is 15.6 Å². The van der Waals surface area contributed by atoms with E-state index in [1.54, 1.807) is 27.7 Å². The molecule has 0 fully saturated rings. The van der Waals surface area contributed by atoms with E-state index in [-0.39, 0.29) is 71.9 Å². The molecule has 106 valence electrons. The number of rotatable bonds is 10. The van der Waals surface area contributed by atoms with Crippen LogP contribution in [-0.4, -0.2) is 71.9 Å². The Kier molecular flexibility index (Phi) is 14.0. The van der Waals surface area contributed by atoms with Crippen LogP contribution in [0, 0.1) is 0 Å². The minimum Gasteiger partial charge on any atom is -0.287 e. The fourth-order valence-electron chi connectivity index (χ4n) is 0.924. The Morgan fingerprint density at radius 2 is 0.889 bits per heavy atom. The van der Waals surface area contributed by atoms with Crippen molar-refractivity contribution in [1.82, 2.24) is 0 Å². The maximum Gasteiger partial charge on any atom is 0.483 e. The molecule has 0 aromatic carbocycles. The number of hydrogen-bond donors (Lipinski definition) is 0. The third-order valence-corrected chi connectivity index (χ3v) is 5.25. The van der Waals surface area contributed by atoms with Gasteiger partial charge in [0.15, 0.2) is 0 Å². The van der Waals surface area contributed by atoms with E-state index in [1.165, 1.54) is 0 Å². The summed E-state index contributed by atoms with van der Waals surface area (Å²) in [7, 11) is -7.83. The first-order valence-electron chi connectivity index (χ1n) is 5.44. The first-order valence-corrected chi connectivity index (χ1v) is 8.36. The molecule has 7 nitrogen and oxygen atoms in total. The van der Waals surface area contributed by atoms with Crippen LogP contribution < -0.4 is 0 Å². The second-order valence-electron chi connectivity index (χ2n) is 2.65. The zero-order valence-corrected chi connectivity index (χ0v) is 16.6. The summed E-state index contributed by atoms with van der Waals surface area (Å²) in [6.07, 6.45) is 0. The molecule has 0 rings (SSSR count). The topological polar surface area (TPSA) is 80.3 Å². The van der Waals surface area contributed by atoms with Crippen molar-refractivity contribution < 1.29 is 31.5 Å². The summed E-state index contributed by atoms with van der Waals surface area (Å²) in [6.45, 7) is 6.82. The van der Waals surface area contributed by atoms with Crippen LogP contribution in [0.4, 0.5) is 0 Å². The fraction of sp³-hybridized carbons (Fsp3) is 1.00. The number of phosphoric acid groups is 2. The second-order valence-corrected chi connectivity index (χ2v) is 6.12. The summed E-state index contributed by atoms with van der Waals surface area (Å²) in [5, 5.41) is 0. The zero-order valence-electron chi connectivity index (χ0n) is 11.3. The van der Waals surface area contributed by atoms with Crippen LogP contribution in [0.3, 0.4) is 0 Å². The summed E-state index contributed by atoms with van der Waals surface area (Å²) in [5.74, 6) is 0. The monoisotopic (exact) mass is 378 g/mol. The molecular formula is C8H20O7P2Sr. The van der Waals surface area contributed by atoms with E-state index >= 15 is 0 Å². The molecule has 0 aromatic rings. The van der Waals surface area contributed by atoms with Gasteiger partial charge in [-0.1, -0.05) is 0 Å². The molecule has 0 aromatic heterocycles. The molecule has 0 N–H and O–H groups in total. The molecule has 0 amide bonds. The van der Waals surface area contributed by atoms with Gasteiger partial charge in [0.1, 0.15) is 0 Å². The van der Waals surface area contributed by atoms with Gasteiger partial charge in [0.25, 0.3) is 0 Å². The minimum atomic E-state index is -3.91. The van der Waals surface area contributed by atoms with E-state index in [9.17, 15) is 9.13 Å². The SMILES string of the molecule is CCOP(=O)(OCC)OP(=O)(OCC)OCC.[Sr]. The van der Waals surface area contributed by atoms with Gasteiger partial charge in [-0.3, -0.25) is 18.1 Å². The Bertz CT molecular complexity index is 251. The van der Waals surface area contributed by atoms with Gasteiger partial charge in [0, 0.05) is 45.5 Å². The predicted molar refractivity (Wildman–Crippen MR) is 68.6 cm³/mol. The van der Waals surface area contributed by atoms with Gasteiger partial charge in [-0.15, -0.1) is 0 Å². The molecule has 0 spiro atoms. The van der Waals surface area contributed by atoms with Crippen LogP contribution in [0.25, 0.3) is 0 Å². The Labute approximate surface area is 145 Å². The van der Waals surface area contributed by atoms with Gasteiger partial charge < -0.3 is 0 Å². The van der Waals surface area contributed by atoms with Gasteiger partial charge in [-0.05, 0) is 27.7 Å². The summed E-state index contributed by atoms with van der Waals surface area (Å²) in [5.41, 5.74) is 0. The average Bonchev–Trinajstić information content (AvgIpc) is 2.17. The third kappa shape index (κ3) is 8.82. The molecule has 10 heteroatoms. The first-order chi connectivity index (χ1) is 7.95. The van der Waals surface area contributed by atoms with Crippen molar-refractivity contribution in [1.29, 1.82) is 0 Å². The molecule has 0 atom stereocenters. The van der Waals surface area contributed by atoms with Crippen molar-refractivity contribution in [3.05, 3.63) is 0 Å². The third-order valence-electron chi connectivity index (χ3n) is 1.35. The van der Waals surface area contributed by atoms with Crippen molar-refractivity contribution in [2.75, 3.05) is 26.4 Å². The van der Waals surface area contributed by atoms with E-state index in [4.69, 9.17) is 22.4 Å². The van der Waals surface area contributed by atoms with Crippen molar-refractivity contribution >= 4 is 61.1 Å². The Hall–Kier alpha value is 1.74. The quantitative estimate of drug-likeness (QED) is 0.427. The van der Waals surface area contributed by atoms with E-state index in [0.717, 1.165) is 0 Å². The number of hydrogen-bond acceptors (Lipinski definition) is 7. The predicted octanol–water partition coefficient (Wildman–Crippen LogP) is 2.98. The van der Waals surface area contributed by atoms with E-state index < -0.39 is 15.6 Å². The number of phosphoric ester groups is 2. The minimum absolute atomic E-state index is 0. The molecule has 0 saturated carbocycles. The molecule has 2 radical (unpaired) electrons. The molecule has 0 heterocycles. The standard InChI is InChI=1S/C8H20O7P2.Sr/c1-5-11-16(9,12-6-2)15-17(10,13-7-3)14-8-4;/h5-8H2,1-4H3;. The summed E-state index contributed by atoms with van der Waals surface area (Å²) in [6, 6.07) is 0. The van der Waals surface area contributed by atoms with Gasteiger partial charge >= 0.3 is 15.6 Å². The molecule has 0 saturated heterocycles. The summed E-state index contributed by atoms with van der Waals surface area (Å²) in [4.78, 5) is 0. The first kappa shape index (κ1) is 22.0. The zero-order chi connectivity index (χ0) is 13.4. The van der Waals surface area contributed by atoms with Gasteiger partial charge in [0.05, 0.1) is 26.4 Å². The summed E-state index contributed by atoms with van der Waals surface area (Å²) >= 11 is 0.